The van der Waals surface area contributed by atoms with Gasteiger partial charge in [-0.2, -0.15) is 0 Å². The predicted octanol–water partition coefficient (Wildman–Crippen LogP) is 1.04. The molecule has 1 N–H and O–H groups in total. The second-order valence-electron chi connectivity index (χ2n) is 5.41. The molecule has 18 heavy (non-hydrogen) atoms. The summed E-state index contributed by atoms with van der Waals surface area (Å²) >= 11 is 0. The SMILES string of the molecule is CCC1(C(=O)O)CCCN(C(=O)CCN(C)C)C1. The number of carboxylic acid groups (broad SMARTS) is 1. The van der Waals surface area contributed by atoms with Crippen LogP contribution in [-0.4, -0.2) is 60.5 Å². The van der Waals surface area contributed by atoms with Crippen LogP contribution in [0.3, 0.4) is 0 Å². The summed E-state index contributed by atoms with van der Waals surface area (Å²) in [5, 5.41) is 9.36. The number of carbonyl (C=O) groups is 2. The molecule has 104 valence electrons. The molecule has 1 heterocycles. The summed E-state index contributed by atoms with van der Waals surface area (Å²) in [6.07, 6.45) is 2.51. The van der Waals surface area contributed by atoms with Gasteiger partial charge in [-0.25, -0.2) is 0 Å². The minimum Gasteiger partial charge on any atom is -0.481 e. The van der Waals surface area contributed by atoms with E-state index in [0.29, 0.717) is 38.9 Å². The van der Waals surface area contributed by atoms with Gasteiger partial charge < -0.3 is 14.9 Å². The van der Waals surface area contributed by atoms with Gasteiger partial charge >= 0.3 is 5.97 Å². The number of carbonyl (C=O) groups excluding carboxylic acids is 1. The summed E-state index contributed by atoms with van der Waals surface area (Å²) in [6.45, 7) is 3.66. The molecule has 0 saturated carbocycles. The average Bonchev–Trinajstić information content (AvgIpc) is 2.35. The molecule has 1 aliphatic rings. The Labute approximate surface area is 109 Å². The van der Waals surface area contributed by atoms with Crippen molar-refractivity contribution in [3.8, 4) is 0 Å². The maximum absolute atomic E-state index is 12.0. The Balaban J connectivity index is 2.63. The molecular weight excluding hydrogens is 232 g/mol. The zero-order chi connectivity index (χ0) is 13.8. The highest BCUT2D eigenvalue weighted by Crippen LogP contribution is 2.33. The molecule has 1 saturated heterocycles. The zero-order valence-corrected chi connectivity index (χ0v) is 11.6. The van der Waals surface area contributed by atoms with E-state index in [1.807, 2.05) is 25.9 Å². The molecule has 0 radical (unpaired) electrons. The van der Waals surface area contributed by atoms with Crippen LogP contribution in [0.25, 0.3) is 0 Å². The average molecular weight is 256 g/mol. The first-order chi connectivity index (χ1) is 8.41. The van der Waals surface area contributed by atoms with Crippen molar-refractivity contribution in [1.29, 1.82) is 0 Å². The van der Waals surface area contributed by atoms with Crippen LogP contribution in [0.4, 0.5) is 0 Å². The highest BCUT2D eigenvalue weighted by Gasteiger charge is 2.41. The maximum Gasteiger partial charge on any atom is 0.311 e. The lowest BCUT2D eigenvalue weighted by Gasteiger charge is -2.39. The monoisotopic (exact) mass is 256 g/mol. The lowest BCUT2D eigenvalue weighted by molar-refractivity contribution is -0.155. The number of aliphatic carboxylic acids is 1. The van der Waals surface area contributed by atoms with Gasteiger partial charge in [0.25, 0.3) is 0 Å². The standard InChI is InChI=1S/C13H24N2O3/c1-4-13(12(17)18)7-5-8-15(10-13)11(16)6-9-14(2)3/h4-10H2,1-3H3,(H,17,18). The van der Waals surface area contributed by atoms with Crippen molar-refractivity contribution in [2.45, 2.75) is 32.6 Å². The first kappa shape index (κ1) is 15.0. The molecular formula is C13H24N2O3. The third-order valence-electron chi connectivity index (χ3n) is 3.83. The largest absolute Gasteiger partial charge is 0.481 e. The van der Waals surface area contributed by atoms with Crippen LogP contribution in [0.2, 0.25) is 0 Å². The lowest BCUT2D eigenvalue weighted by Crippen LogP contribution is -2.50. The molecule has 1 rings (SSSR count). The van der Waals surface area contributed by atoms with Crippen LogP contribution < -0.4 is 0 Å². The molecule has 1 amide bonds. The minimum absolute atomic E-state index is 0.0717. The number of rotatable bonds is 5. The lowest BCUT2D eigenvalue weighted by atomic mass is 9.77. The van der Waals surface area contributed by atoms with E-state index in [-0.39, 0.29) is 5.91 Å². The van der Waals surface area contributed by atoms with Gasteiger partial charge in [-0.15, -0.1) is 0 Å². The van der Waals surface area contributed by atoms with Crippen LogP contribution in [0.5, 0.6) is 0 Å². The van der Waals surface area contributed by atoms with Crippen molar-refractivity contribution in [3.63, 3.8) is 0 Å². The Bertz CT molecular complexity index is 317. The molecule has 0 aromatic carbocycles. The summed E-state index contributed by atoms with van der Waals surface area (Å²) in [5.74, 6) is -0.697. The number of likely N-dealkylation sites (tertiary alicyclic amines) is 1. The van der Waals surface area contributed by atoms with Crippen molar-refractivity contribution in [3.05, 3.63) is 0 Å². The zero-order valence-electron chi connectivity index (χ0n) is 11.6. The van der Waals surface area contributed by atoms with Crippen LogP contribution in [0, 0.1) is 5.41 Å². The number of carboxylic acids is 1. The van der Waals surface area contributed by atoms with Crippen LogP contribution in [0.1, 0.15) is 32.6 Å². The van der Waals surface area contributed by atoms with Crippen molar-refractivity contribution in [2.75, 3.05) is 33.7 Å². The third kappa shape index (κ3) is 3.45. The van der Waals surface area contributed by atoms with Crippen molar-refractivity contribution in [2.24, 2.45) is 5.41 Å². The molecule has 5 nitrogen and oxygen atoms in total. The van der Waals surface area contributed by atoms with E-state index in [1.54, 1.807) is 4.90 Å². The van der Waals surface area contributed by atoms with Gasteiger partial charge in [-0.05, 0) is 33.4 Å². The number of hydrogen-bond acceptors (Lipinski definition) is 3. The summed E-state index contributed by atoms with van der Waals surface area (Å²) < 4.78 is 0. The van der Waals surface area contributed by atoms with E-state index in [2.05, 4.69) is 0 Å². The Hall–Kier alpha value is -1.10. The van der Waals surface area contributed by atoms with E-state index in [0.717, 1.165) is 6.42 Å². The number of amides is 1. The fraction of sp³-hybridized carbons (Fsp3) is 0.846. The van der Waals surface area contributed by atoms with Gasteiger partial charge in [0.05, 0.1) is 5.41 Å². The van der Waals surface area contributed by atoms with Crippen LogP contribution >= 0.6 is 0 Å². The van der Waals surface area contributed by atoms with E-state index in [1.165, 1.54) is 0 Å². The summed E-state index contributed by atoms with van der Waals surface area (Å²) in [6, 6.07) is 0. The molecule has 0 aliphatic carbocycles. The Kier molecular flexibility index (Phi) is 5.14. The summed E-state index contributed by atoms with van der Waals surface area (Å²) in [4.78, 5) is 27.1. The third-order valence-corrected chi connectivity index (χ3v) is 3.83. The van der Waals surface area contributed by atoms with Gasteiger partial charge in [-0.3, -0.25) is 9.59 Å². The van der Waals surface area contributed by atoms with Crippen molar-refractivity contribution in [1.82, 2.24) is 9.80 Å². The molecule has 1 aliphatic heterocycles. The molecule has 5 heteroatoms. The van der Waals surface area contributed by atoms with Crippen LogP contribution in [-0.2, 0) is 9.59 Å². The van der Waals surface area contributed by atoms with Crippen molar-refractivity contribution < 1.29 is 14.7 Å². The fourth-order valence-electron chi connectivity index (χ4n) is 2.44. The highest BCUT2D eigenvalue weighted by atomic mass is 16.4. The Morgan fingerprint density at radius 1 is 1.39 bits per heavy atom. The summed E-state index contributed by atoms with van der Waals surface area (Å²) in [5.41, 5.74) is -0.730. The van der Waals surface area contributed by atoms with Gasteiger partial charge in [0.1, 0.15) is 0 Å². The number of piperidine rings is 1. The smallest absolute Gasteiger partial charge is 0.311 e. The molecule has 1 atom stereocenters. The molecule has 0 bridgehead atoms. The first-order valence-corrected chi connectivity index (χ1v) is 6.57. The summed E-state index contributed by atoms with van der Waals surface area (Å²) in [7, 11) is 3.86. The molecule has 0 spiro atoms. The normalized spacial score (nSPS) is 24.3. The van der Waals surface area contributed by atoms with Crippen molar-refractivity contribution >= 4 is 11.9 Å². The Morgan fingerprint density at radius 3 is 2.56 bits per heavy atom. The topological polar surface area (TPSA) is 60.9 Å². The van der Waals surface area contributed by atoms with E-state index in [9.17, 15) is 14.7 Å². The molecule has 0 aromatic heterocycles. The van der Waals surface area contributed by atoms with Gasteiger partial charge in [-0.1, -0.05) is 6.92 Å². The first-order valence-electron chi connectivity index (χ1n) is 6.57. The minimum atomic E-state index is -0.768. The predicted molar refractivity (Wildman–Crippen MR) is 69.3 cm³/mol. The van der Waals surface area contributed by atoms with E-state index < -0.39 is 11.4 Å². The van der Waals surface area contributed by atoms with Crippen LogP contribution in [0.15, 0.2) is 0 Å². The molecule has 1 fully saturated rings. The van der Waals surface area contributed by atoms with E-state index in [4.69, 9.17) is 0 Å². The molecule has 1 unspecified atom stereocenters. The number of nitrogens with zero attached hydrogens (tertiary/aromatic N) is 2. The maximum atomic E-state index is 12.0. The number of hydrogen-bond donors (Lipinski definition) is 1. The van der Waals surface area contributed by atoms with Gasteiger partial charge in [0, 0.05) is 26.1 Å². The van der Waals surface area contributed by atoms with Gasteiger partial charge in [0.2, 0.25) is 5.91 Å². The fourth-order valence-corrected chi connectivity index (χ4v) is 2.44. The Morgan fingerprint density at radius 2 is 2.06 bits per heavy atom. The van der Waals surface area contributed by atoms with Gasteiger partial charge in [0.15, 0.2) is 0 Å². The highest BCUT2D eigenvalue weighted by molar-refractivity contribution is 5.79. The van der Waals surface area contributed by atoms with E-state index >= 15 is 0 Å². The second-order valence-corrected chi connectivity index (χ2v) is 5.41. The second kappa shape index (κ2) is 6.18. The quantitative estimate of drug-likeness (QED) is 0.798. The molecule has 0 aromatic rings.